The van der Waals surface area contributed by atoms with E-state index in [4.69, 9.17) is 0 Å². The van der Waals surface area contributed by atoms with Gasteiger partial charge < -0.3 is 5.11 Å². The van der Waals surface area contributed by atoms with Gasteiger partial charge in [-0.25, -0.2) is 9.10 Å². The fourth-order valence-electron chi connectivity index (χ4n) is 4.99. The van der Waals surface area contributed by atoms with Gasteiger partial charge >= 0.3 is 12.1 Å². The fourth-order valence-corrected chi connectivity index (χ4v) is 6.13. The van der Waals surface area contributed by atoms with Gasteiger partial charge in [-0.15, -0.1) is 0 Å². The molecule has 194 valence electrons. The molecule has 0 radical (unpaired) electrons. The maximum Gasteiger partial charge on any atom is 0.416 e. The van der Waals surface area contributed by atoms with Crippen LogP contribution in [0, 0.1) is 0 Å². The van der Waals surface area contributed by atoms with Gasteiger partial charge in [0.2, 0.25) is 0 Å². The maximum atomic E-state index is 13.8. The molecule has 1 unspecified atom stereocenters. The third-order valence-corrected chi connectivity index (χ3v) is 7.74. The van der Waals surface area contributed by atoms with Gasteiger partial charge in [0.05, 0.1) is 5.56 Å². The van der Waals surface area contributed by atoms with E-state index in [0.717, 1.165) is 40.4 Å². The first-order valence-electron chi connectivity index (χ1n) is 11.8. The zero-order chi connectivity index (χ0) is 27.2. The molecule has 5 rings (SSSR count). The Balaban J connectivity index is 1.87. The molecule has 0 spiro atoms. The van der Waals surface area contributed by atoms with E-state index in [1.54, 1.807) is 17.4 Å². The summed E-state index contributed by atoms with van der Waals surface area (Å²) in [6.07, 6.45) is -2.97. The molecule has 2 heterocycles. The first kappa shape index (κ1) is 25.8. The Kier molecular flexibility index (Phi) is 6.66. The Morgan fingerprint density at radius 1 is 1.13 bits per heavy atom. The largest absolute Gasteiger partial charge is 0.480 e. The molecule has 1 atom stereocenters. The average molecular weight is 537 g/mol. The number of carbonyl (C=O) groups is 1. The number of aliphatic carboxylic acids is 1. The summed E-state index contributed by atoms with van der Waals surface area (Å²) in [6.45, 7) is 3.87. The molecule has 1 aliphatic rings. The lowest BCUT2D eigenvalue weighted by molar-refractivity contribution is -0.141. The number of halogens is 3. The number of pyridine rings is 1. The molecule has 5 nitrogen and oxygen atoms in total. The zero-order valence-electron chi connectivity index (χ0n) is 20.3. The van der Waals surface area contributed by atoms with Crippen molar-refractivity contribution >= 4 is 34.8 Å². The van der Waals surface area contributed by atoms with E-state index in [1.165, 1.54) is 16.7 Å². The summed E-state index contributed by atoms with van der Waals surface area (Å²) in [4.78, 5) is 26.0. The molecule has 1 aromatic heterocycles. The normalized spacial score (nSPS) is 15.8. The number of hydrogen-bond donors (Lipinski definition) is 1. The second-order valence-corrected chi connectivity index (χ2v) is 10.3. The molecule has 0 amide bonds. The van der Waals surface area contributed by atoms with Crippen LogP contribution >= 0.6 is 11.9 Å². The highest BCUT2D eigenvalue weighted by Gasteiger charge is 2.36. The van der Waals surface area contributed by atoms with Crippen LogP contribution in [0.3, 0.4) is 0 Å². The number of carboxylic acids is 1. The Labute approximate surface area is 221 Å². The molecule has 1 aliphatic heterocycles. The number of rotatable bonds is 5. The number of carboxylic acid groups (broad SMARTS) is 1. The second-order valence-electron chi connectivity index (χ2n) is 9.10. The Hall–Kier alpha value is -3.82. The van der Waals surface area contributed by atoms with E-state index >= 15 is 0 Å². The molecule has 0 saturated carbocycles. The molecule has 0 fully saturated rings. The summed E-state index contributed by atoms with van der Waals surface area (Å²) in [5.74, 6) is -1.20. The number of alkyl halides is 3. The fraction of sp³-hybridized carbons (Fsp3) is 0.172. The van der Waals surface area contributed by atoms with E-state index in [-0.39, 0.29) is 29.1 Å². The number of hydrogen-bond acceptors (Lipinski definition) is 4. The first-order chi connectivity index (χ1) is 18.1. The molecule has 0 aliphatic carbocycles. The highest BCUT2D eigenvalue weighted by molar-refractivity contribution is 7.97. The van der Waals surface area contributed by atoms with Crippen molar-refractivity contribution in [3.05, 3.63) is 106 Å². The standard InChI is InChI=1S/C29H23F3N2O3S/c1-3-21-23(15-18-10-6-9-17-8-4-5-13-22(17)18)25(19-11-7-12-20(14-19)29(30,31)32)27-34(26(21)35)24(28(36)37)16-33(2)38-27/h3-14,24H,1,15-16H2,2H3,(H,36,37). The third kappa shape index (κ3) is 4.52. The number of aromatic nitrogens is 1. The minimum absolute atomic E-state index is 0.0498. The lowest BCUT2D eigenvalue weighted by Gasteiger charge is -2.33. The monoisotopic (exact) mass is 536 g/mol. The van der Waals surface area contributed by atoms with Gasteiger partial charge in [0.15, 0.2) is 0 Å². The maximum absolute atomic E-state index is 13.8. The molecule has 0 bridgehead atoms. The smallest absolute Gasteiger partial charge is 0.416 e. The van der Waals surface area contributed by atoms with Gasteiger partial charge in [0.25, 0.3) is 5.56 Å². The van der Waals surface area contributed by atoms with Crippen LogP contribution < -0.4 is 5.56 Å². The lowest BCUT2D eigenvalue weighted by atomic mass is 9.90. The lowest BCUT2D eigenvalue weighted by Crippen LogP contribution is -2.42. The van der Waals surface area contributed by atoms with Crippen LogP contribution in [0.2, 0.25) is 0 Å². The van der Waals surface area contributed by atoms with Crippen LogP contribution in [-0.4, -0.2) is 33.5 Å². The summed E-state index contributed by atoms with van der Waals surface area (Å²) in [6, 6.07) is 17.2. The zero-order valence-corrected chi connectivity index (χ0v) is 21.1. The van der Waals surface area contributed by atoms with Crippen molar-refractivity contribution in [2.75, 3.05) is 13.6 Å². The Morgan fingerprint density at radius 3 is 2.55 bits per heavy atom. The van der Waals surface area contributed by atoms with Gasteiger partial charge in [0, 0.05) is 17.7 Å². The van der Waals surface area contributed by atoms with Gasteiger partial charge in [-0.2, -0.15) is 13.2 Å². The summed E-state index contributed by atoms with van der Waals surface area (Å²) >= 11 is 1.15. The van der Waals surface area contributed by atoms with E-state index in [0.29, 0.717) is 11.1 Å². The van der Waals surface area contributed by atoms with Crippen LogP contribution in [0.25, 0.3) is 28.0 Å². The van der Waals surface area contributed by atoms with Gasteiger partial charge in [-0.3, -0.25) is 9.36 Å². The molecular formula is C29H23F3N2O3S. The molecule has 3 aromatic carbocycles. The van der Waals surface area contributed by atoms with Crippen molar-refractivity contribution in [3.63, 3.8) is 0 Å². The summed E-state index contributed by atoms with van der Waals surface area (Å²) in [5, 5.41) is 12.2. The van der Waals surface area contributed by atoms with Gasteiger partial charge in [-0.1, -0.05) is 67.3 Å². The summed E-state index contributed by atoms with van der Waals surface area (Å²) < 4.78 is 44.0. The molecule has 0 saturated heterocycles. The number of nitrogens with zero attached hydrogens (tertiary/aromatic N) is 2. The van der Waals surface area contributed by atoms with Gasteiger partial charge in [-0.05, 0) is 65.0 Å². The van der Waals surface area contributed by atoms with Crippen molar-refractivity contribution in [2.24, 2.45) is 0 Å². The van der Waals surface area contributed by atoms with Crippen LogP contribution in [-0.2, 0) is 17.4 Å². The first-order valence-corrected chi connectivity index (χ1v) is 12.6. The van der Waals surface area contributed by atoms with E-state index < -0.39 is 29.3 Å². The highest BCUT2D eigenvalue weighted by atomic mass is 32.2. The quantitative estimate of drug-likeness (QED) is 0.295. The average Bonchev–Trinajstić information content (AvgIpc) is 2.88. The third-order valence-electron chi connectivity index (χ3n) is 6.71. The minimum Gasteiger partial charge on any atom is -0.480 e. The van der Waals surface area contributed by atoms with Crippen molar-refractivity contribution < 1.29 is 23.1 Å². The Bertz CT molecular complexity index is 1640. The van der Waals surface area contributed by atoms with Crippen molar-refractivity contribution in [1.29, 1.82) is 0 Å². The van der Waals surface area contributed by atoms with Crippen LogP contribution in [0.5, 0.6) is 0 Å². The Morgan fingerprint density at radius 2 is 1.84 bits per heavy atom. The molecular weight excluding hydrogens is 513 g/mol. The number of fused-ring (bicyclic) bond motifs is 2. The predicted molar refractivity (Wildman–Crippen MR) is 143 cm³/mol. The minimum atomic E-state index is -4.58. The van der Waals surface area contributed by atoms with Crippen LogP contribution in [0.1, 0.15) is 28.3 Å². The van der Waals surface area contributed by atoms with Gasteiger partial charge in [0.1, 0.15) is 11.1 Å². The van der Waals surface area contributed by atoms with Crippen molar-refractivity contribution in [2.45, 2.75) is 23.7 Å². The van der Waals surface area contributed by atoms with E-state index in [9.17, 15) is 27.9 Å². The molecule has 1 N–H and O–H groups in total. The summed E-state index contributed by atoms with van der Waals surface area (Å²) in [5.41, 5.74) is 0.821. The van der Waals surface area contributed by atoms with E-state index in [1.807, 2.05) is 42.5 Å². The highest BCUT2D eigenvalue weighted by Crippen LogP contribution is 2.43. The molecule has 38 heavy (non-hydrogen) atoms. The second kappa shape index (κ2) is 9.81. The van der Waals surface area contributed by atoms with Crippen LogP contribution in [0.4, 0.5) is 13.2 Å². The number of likely N-dealkylation sites (N-methyl/N-ethyl adjacent to an activating group) is 1. The van der Waals surface area contributed by atoms with Crippen molar-refractivity contribution in [1.82, 2.24) is 8.87 Å². The number of benzene rings is 3. The van der Waals surface area contributed by atoms with Crippen LogP contribution in [0.15, 0.2) is 83.1 Å². The summed E-state index contributed by atoms with van der Waals surface area (Å²) in [7, 11) is 1.69. The predicted octanol–water partition coefficient (Wildman–Crippen LogP) is 6.50. The molecule has 4 aromatic rings. The SMILES string of the molecule is C=Cc1c(Cc2cccc3ccccc23)c(-c2cccc(C(F)(F)F)c2)c2n(c1=O)C(C(=O)O)CN(C)S2. The molecule has 9 heteroatoms. The topological polar surface area (TPSA) is 62.5 Å². The van der Waals surface area contributed by atoms with Crippen molar-refractivity contribution in [3.8, 4) is 11.1 Å². The van der Waals surface area contributed by atoms with E-state index in [2.05, 4.69) is 6.58 Å².